The Hall–Kier alpha value is -1.84. The van der Waals surface area contributed by atoms with E-state index >= 15 is 0 Å². The van der Waals surface area contributed by atoms with E-state index in [4.69, 9.17) is 9.47 Å². The van der Waals surface area contributed by atoms with E-state index in [2.05, 4.69) is 60.4 Å². The Balaban J connectivity index is 1.91. The van der Waals surface area contributed by atoms with Crippen LogP contribution in [0.15, 0.2) is 48.5 Å². The third kappa shape index (κ3) is 7.19. The van der Waals surface area contributed by atoms with Gasteiger partial charge < -0.3 is 14.4 Å². The van der Waals surface area contributed by atoms with Crippen LogP contribution in [0.1, 0.15) is 30.5 Å². The van der Waals surface area contributed by atoms with Gasteiger partial charge in [0, 0.05) is 32.0 Å². The van der Waals surface area contributed by atoms with Crippen LogP contribution in [0.5, 0.6) is 0 Å². The Labute approximate surface area is 158 Å². The molecule has 0 heterocycles. The fourth-order valence-corrected chi connectivity index (χ4v) is 2.93. The number of anilines is 1. The maximum Gasteiger partial charge on any atom is 0.0641 e. The molecule has 0 aliphatic rings. The summed E-state index contributed by atoms with van der Waals surface area (Å²) in [5.74, 6) is 0. The lowest BCUT2D eigenvalue weighted by molar-refractivity contribution is 0.141. The van der Waals surface area contributed by atoms with Crippen molar-refractivity contribution in [3.8, 4) is 0 Å². The van der Waals surface area contributed by atoms with Crippen molar-refractivity contribution in [2.45, 2.75) is 33.6 Å². The highest BCUT2D eigenvalue weighted by molar-refractivity contribution is 5.47. The van der Waals surface area contributed by atoms with E-state index in [0.29, 0.717) is 0 Å². The van der Waals surface area contributed by atoms with Crippen molar-refractivity contribution in [3.63, 3.8) is 0 Å². The largest absolute Gasteiger partial charge is 0.380 e. The number of hydrogen-bond donors (Lipinski definition) is 0. The van der Waals surface area contributed by atoms with E-state index in [9.17, 15) is 0 Å². The standard InChI is InChI=1S/C23H33NO2/c1-4-25-18-16-24(17-19-26-5-2)23-14-12-22(13-15-23)11-10-21-8-6-20(3)7-9-21/h6-9,12-15H,4-5,10-11,16-19H2,1-3H3. The lowest BCUT2D eigenvalue weighted by Gasteiger charge is -2.25. The Bertz CT molecular complexity index is 597. The molecule has 0 N–H and O–H groups in total. The number of ether oxygens (including phenoxy) is 2. The van der Waals surface area contributed by atoms with Gasteiger partial charge in [0.2, 0.25) is 0 Å². The maximum atomic E-state index is 5.53. The third-order valence-corrected chi connectivity index (χ3v) is 4.54. The van der Waals surface area contributed by atoms with Crippen LogP contribution in [0, 0.1) is 6.92 Å². The monoisotopic (exact) mass is 355 g/mol. The molecule has 2 aromatic carbocycles. The van der Waals surface area contributed by atoms with E-state index in [-0.39, 0.29) is 0 Å². The molecule has 2 aromatic rings. The molecule has 0 saturated heterocycles. The average molecular weight is 356 g/mol. The maximum absolute atomic E-state index is 5.53. The fourth-order valence-electron chi connectivity index (χ4n) is 2.93. The highest BCUT2D eigenvalue weighted by Crippen LogP contribution is 2.17. The molecule has 0 unspecified atom stereocenters. The summed E-state index contributed by atoms with van der Waals surface area (Å²) in [6.07, 6.45) is 2.15. The molecule has 3 heteroatoms. The number of benzene rings is 2. The zero-order valence-corrected chi connectivity index (χ0v) is 16.5. The normalized spacial score (nSPS) is 10.9. The lowest BCUT2D eigenvalue weighted by atomic mass is 10.0. The second kappa shape index (κ2) is 11.7. The molecule has 0 radical (unpaired) electrons. The van der Waals surface area contributed by atoms with Gasteiger partial charge in [0.25, 0.3) is 0 Å². The molecule has 0 aliphatic carbocycles. The van der Waals surface area contributed by atoms with Gasteiger partial charge in [0.05, 0.1) is 13.2 Å². The molecule has 142 valence electrons. The van der Waals surface area contributed by atoms with Crippen LogP contribution in [-0.2, 0) is 22.3 Å². The molecule has 0 amide bonds. The summed E-state index contributed by atoms with van der Waals surface area (Å²) in [6, 6.07) is 17.8. The predicted molar refractivity (Wildman–Crippen MR) is 110 cm³/mol. The van der Waals surface area contributed by atoms with Crippen molar-refractivity contribution in [1.29, 1.82) is 0 Å². The SMILES string of the molecule is CCOCCN(CCOCC)c1ccc(CCc2ccc(C)cc2)cc1. The number of aryl methyl sites for hydroxylation is 3. The summed E-state index contributed by atoms with van der Waals surface area (Å²) in [7, 11) is 0. The van der Waals surface area contributed by atoms with Gasteiger partial charge in [-0.1, -0.05) is 42.0 Å². The lowest BCUT2D eigenvalue weighted by Crippen LogP contribution is -2.31. The van der Waals surface area contributed by atoms with E-state index in [0.717, 1.165) is 52.4 Å². The average Bonchev–Trinajstić information content (AvgIpc) is 2.67. The Morgan fingerprint density at radius 2 is 1.15 bits per heavy atom. The minimum atomic E-state index is 0.748. The number of nitrogens with zero attached hydrogens (tertiary/aromatic N) is 1. The van der Waals surface area contributed by atoms with Crippen molar-refractivity contribution < 1.29 is 9.47 Å². The summed E-state index contributed by atoms with van der Waals surface area (Å²) in [5.41, 5.74) is 5.33. The second-order valence-corrected chi connectivity index (χ2v) is 6.53. The van der Waals surface area contributed by atoms with E-state index in [1.54, 1.807) is 0 Å². The van der Waals surface area contributed by atoms with Gasteiger partial charge in [0.1, 0.15) is 0 Å². The van der Waals surface area contributed by atoms with Gasteiger partial charge in [-0.05, 0) is 56.9 Å². The van der Waals surface area contributed by atoms with E-state index < -0.39 is 0 Å². The van der Waals surface area contributed by atoms with Gasteiger partial charge in [-0.3, -0.25) is 0 Å². The molecule has 2 rings (SSSR count). The first-order chi connectivity index (χ1) is 12.7. The minimum Gasteiger partial charge on any atom is -0.380 e. The van der Waals surface area contributed by atoms with Crippen LogP contribution >= 0.6 is 0 Å². The second-order valence-electron chi connectivity index (χ2n) is 6.53. The first-order valence-electron chi connectivity index (χ1n) is 9.77. The summed E-state index contributed by atoms with van der Waals surface area (Å²) in [4.78, 5) is 2.34. The topological polar surface area (TPSA) is 21.7 Å². The summed E-state index contributed by atoms with van der Waals surface area (Å²) in [6.45, 7) is 11.0. The molecular weight excluding hydrogens is 322 g/mol. The van der Waals surface area contributed by atoms with Gasteiger partial charge in [-0.2, -0.15) is 0 Å². The van der Waals surface area contributed by atoms with Crippen LogP contribution in [0.3, 0.4) is 0 Å². The molecule has 26 heavy (non-hydrogen) atoms. The first kappa shape index (κ1) is 20.5. The van der Waals surface area contributed by atoms with Crippen molar-refractivity contribution >= 4 is 5.69 Å². The Morgan fingerprint density at radius 1 is 0.692 bits per heavy atom. The molecule has 0 aromatic heterocycles. The van der Waals surface area contributed by atoms with Crippen LogP contribution in [0.4, 0.5) is 5.69 Å². The van der Waals surface area contributed by atoms with Crippen LogP contribution < -0.4 is 4.90 Å². The minimum absolute atomic E-state index is 0.748. The molecule has 0 spiro atoms. The van der Waals surface area contributed by atoms with E-state index in [1.165, 1.54) is 22.4 Å². The molecule has 0 aliphatic heterocycles. The summed E-state index contributed by atoms with van der Waals surface area (Å²) >= 11 is 0. The number of rotatable bonds is 12. The van der Waals surface area contributed by atoms with Crippen LogP contribution in [0.2, 0.25) is 0 Å². The van der Waals surface area contributed by atoms with Crippen molar-refractivity contribution in [3.05, 3.63) is 65.2 Å². The summed E-state index contributed by atoms with van der Waals surface area (Å²) in [5, 5.41) is 0. The summed E-state index contributed by atoms with van der Waals surface area (Å²) < 4.78 is 11.1. The van der Waals surface area contributed by atoms with Crippen molar-refractivity contribution in [2.75, 3.05) is 44.4 Å². The zero-order chi connectivity index (χ0) is 18.6. The van der Waals surface area contributed by atoms with Gasteiger partial charge in [-0.15, -0.1) is 0 Å². The third-order valence-electron chi connectivity index (χ3n) is 4.54. The zero-order valence-electron chi connectivity index (χ0n) is 16.5. The van der Waals surface area contributed by atoms with Crippen LogP contribution in [-0.4, -0.2) is 39.5 Å². The van der Waals surface area contributed by atoms with E-state index in [1.807, 2.05) is 13.8 Å². The van der Waals surface area contributed by atoms with Gasteiger partial charge in [-0.25, -0.2) is 0 Å². The number of hydrogen-bond acceptors (Lipinski definition) is 3. The van der Waals surface area contributed by atoms with Crippen molar-refractivity contribution in [2.24, 2.45) is 0 Å². The van der Waals surface area contributed by atoms with Crippen molar-refractivity contribution in [1.82, 2.24) is 0 Å². The molecular formula is C23H33NO2. The Morgan fingerprint density at radius 3 is 1.62 bits per heavy atom. The quantitative estimate of drug-likeness (QED) is 0.517. The fraction of sp³-hybridized carbons (Fsp3) is 0.478. The smallest absolute Gasteiger partial charge is 0.0641 e. The highest BCUT2D eigenvalue weighted by Gasteiger charge is 2.07. The molecule has 3 nitrogen and oxygen atoms in total. The predicted octanol–water partition coefficient (Wildman–Crippen LogP) is 4.66. The molecule has 0 saturated carbocycles. The molecule has 0 bridgehead atoms. The first-order valence-corrected chi connectivity index (χ1v) is 9.77. The molecule has 0 fully saturated rings. The van der Waals surface area contributed by atoms with Gasteiger partial charge >= 0.3 is 0 Å². The highest BCUT2D eigenvalue weighted by atomic mass is 16.5. The van der Waals surface area contributed by atoms with Gasteiger partial charge in [0.15, 0.2) is 0 Å². The molecule has 0 atom stereocenters. The Kier molecular flexibility index (Phi) is 9.22. The van der Waals surface area contributed by atoms with Crippen LogP contribution in [0.25, 0.3) is 0 Å².